The highest BCUT2D eigenvalue weighted by Gasteiger charge is 2.37. The van der Waals surface area contributed by atoms with Gasteiger partial charge in [-0.25, -0.2) is 0 Å². The van der Waals surface area contributed by atoms with E-state index >= 15 is 0 Å². The molecule has 20 heavy (non-hydrogen) atoms. The first-order valence-corrected chi connectivity index (χ1v) is 7.83. The summed E-state index contributed by atoms with van der Waals surface area (Å²) < 4.78 is 0. The molecule has 1 fully saturated rings. The normalized spacial score (nSPS) is 27.2. The second-order valence-corrected chi connectivity index (χ2v) is 5.91. The molecule has 2 atom stereocenters. The zero-order valence-corrected chi connectivity index (χ0v) is 12.3. The number of hydrogen-bond acceptors (Lipinski definition) is 2. The van der Waals surface area contributed by atoms with E-state index in [1.54, 1.807) is 0 Å². The van der Waals surface area contributed by atoms with Crippen molar-refractivity contribution in [2.75, 3.05) is 6.54 Å². The predicted molar refractivity (Wildman–Crippen MR) is 77.2 cm³/mol. The number of carbonyl (C=O) groups excluding carboxylic acids is 1. The number of allylic oxidation sites excluding steroid dienone is 2. The van der Waals surface area contributed by atoms with Crippen molar-refractivity contribution >= 4 is 11.9 Å². The van der Waals surface area contributed by atoms with E-state index in [-0.39, 0.29) is 11.8 Å². The Hall–Kier alpha value is -1.32. The molecule has 0 aromatic rings. The van der Waals surface area contributed by atoms with Crippen molar-refractivity contribution in [1.82, 2.24) is 4.90 Å². The number of aliphatic carboxylic acids is 1. The molecule has 1 amide bonds. The summed E-state index contributed by atoms with van der Waals surface area (Å²) in [6.07, 6.45) is 10.7. The van der Waals surface area contributed by atoms with Crippen LogP contribution in [0.25, 0.3) is 0 Å². The largest absolute Gasteiger partial charge is 0.481 e. The van der Waals surface area contributed by atoms with E-state index in [1.807, 2.05) is 24.0 Å². The Morgan fingerprint density at radius 3 is 2.25 bits per heavy atom. The van der Waals surface area contributed by atoms with Gasteiger partial charge in [-0.2, -0.15) is 0 Å². The van der Waals surface area contributed by atoms with Gasteiger partial charge in [0.25, 0.3) is 0 Å². The topological polar surface area (TPSA) is 57.6 Å². The van der Waals surface area contributed by atoms with Crippen LogP contribution >= 0.6 is 0 Å². The van der Waals surface area contributed by atoms with Crippen LogP contribution in [0.1, 0.15) is 51.9 Å². The average Bonchev–Trinajstić information content (AvgIpc) is 2.49. The molecule has 4 heteroatoms. The van der Waals surface area contributed by atoms with Gasteiger partial charge in [-0.1, -0.05) is 31.4 Å². The van der Waals surface area contributed by atoms with Crippen molar-refractivity contribution in [3.8, 4) is 0 Å². The lowest BCUT2D eigenvalue weighted by Gasteiger charge is -2.37. The SMILES string of the molecule is CCN(C(=O)C1CC=CCC1C(=O)O)C1CCCCC1. The van der Waals surface area contributed by atoms with E-state index in [1.165, 1.54) is 19.3 Å². The molecule has 0 spiro atoms. The summed E-state index contributed by atoms with van der Waals surface area (Å²) in [7, 11) is 0. The molecule has 2 unspecified atom stereocenters. The zero-order chi connectivity index (χ0) is 14.5. The van der Waals surface area contributed by atoms with Gasteiger partial charge in [0.05, 0.1) is 11.8 Å². The van der Waals surface area contributed by atoms with E-state index in [0.29, 0.717) is 25.4 Å². The van der Waals surface area contributed by atoms with Crippen LogP contribution in [0.4, 0.5) is 0 Å². The van der Waals surface area contributed by atoms with Gasteiger partial charge in [0.15, 0.2) is 0 Å². The van der Waals surface area contributed by atoms with Crippen LogP contribution in [0.15, 0.2) is 12.2 Å². The summed E-state index contributed by atoms with van der Waals surface area (Å²) in [5.41, 5.74) is 0. The molecule has 2 rings (SSSR count). The lowest BCUT2D eigenvalue weighted by molar-refractivity contribution is -0.151. The minimum atomic E-state index is -0.840. The third-order valence-electron chi connectivity index (χ3n) is 4.71. The molecule has 0 aliphatic heterocycles. The van der Waals surface area contributed by atoms with Gasteiger partial charge in [0.1, 0.15) is 0 Å². The third kappa shape index (κ3) is 3.22. The van der Waals surface area contributed by atoms with Gasteiger partial charge >= 0.3 is 5.97 Å². The summed E-state index contributed by atoms with van der Waals surface area (Å²) in [5, 5.41) is 9.32. The lowest BCUT2D eigenvalue weighted by atomic mass is 9.81. The van der Waals surface area contributed by atoms with E-state index in [4.69, 9.17) is 0 Å². The minimum Gasteiger partial charge on any atom is -0.481 e. The average molecular weight is 279 g/mol. The Kier molecular flexibility index (Phi) is 5.21. The number of hydrogen-bond donors (Lipinski definition) is 1. The third-order valence-corrected chi connectivity index (χ3v) is 4.71. The van der Waals surface area contributed by atoms with Gasteiger partial charge in [-0.05, 0) is 32.6 Å². The molecule has 0 heterocycles. The minimum absolute atomic E-state index is 0.0520. The van der Waals surface area contributed by atoms with Crippen LogP contribution in [0.5, 0.6) is 0 Å². The second-order valence-electron chi connectivity index (χ2n) is 5.91. The summed E-state index contributed by atoms with van der Waals surface area (Å²) >= 11 is 0. The van der Waals surface area contributed by atoms with Crippen molar-refractivity contribution in [2.45, 2.75) is 57.9 Å². The first-order chi connectivity index (χ1) is 9.65. The highest BCUT2D eigenvalue weighted by Crippen LogP contribution is 2.30. The Morgan fingerprint density at radius 1 is 1.10 bits per heavy atom. The van der Waals surface area contributed by atoms with Crippen LogP contribution in [0, 0.1) is 11.8 Å². The van der Waals surface area contributed by atoms with E-state index < -0.39 is 11.9 Å². The van der Waals surface area contributed by atoms with Gasteiger partial charge in [0, 0.05) is 12.6 Å². The van der Waals surface area contributed by atoms with Crippen molar-refractivity contribution in [1.29, 1.82) is 0 Å². The van der Waals surface area contributed by atoms with Crippen molar-refractivity contribution in [2.24, 2.45) is 11.8 Å². The van der Waals surface area contributed by atoms with Gasteiger partial charge < -0.3 is 10.0 Å². The maximum atomic E-state index is 12.8. The molecule has 0 aromatic carbocycles. The molecule has 2 aliphatic rings. The summed E-state index contributed by atoms with van der Waals surface area (Å²) in [6, 6.07) is 0.321. The highest BCUT2D eigenvalue weighted by atomic mass is 16.4. The van der Waals surface area contributed by atoms with Crippen molar-refractivity contribution < 1.29 is 14.7 Å². The summed E-state index contributed by atoms with van der Waals surface area (Å²) in [4.78, 5) is 26.1. The van der Waals surface area contributed by atoms with E-state index in [0.717, 1.165) is 12.8 Å². The Bertz CT molecular complexity index is 385. The monoisotopic (exact) mass is 279 g/mol. The van der Waals surface area contributed by atoms with Crippen LogP contribution < -0.4 is 0 Å². The highest BCUT2D eigenvalue weighted by molar-refractivity contribution is 5.85. The Labute approximate surface area is 120 Å². The Morgan fingerprint density at radius 2 is 1.70 bits per heavy atom. The molecule has 0 aromatic heterocycles. The van der Waals surface area contributed by atoms with Gasteiger partial charge in [-0.3, -0.25) is 9.59 Å². The number of carboxylic acid groups (broad SMARTS) is 1. The fourth-order valence-electron chi connectivity index (χ4n) is 3.56. The maximum absolute atomic E-state index is 12.8. The standard InChI is InChI=1S/C16H25NO3/c1-2-17(12-8-4-3-5-9-12)15(18)13-10-6-7-11-14(13)16(19)20/h6-7,12-14H,2-5,8-11H2,1H3,(H,19,20). The van der Waals surface area contributed by atoms with Crippen LogP contribution in [0.2, 0.25) is 0 Å². The number of rotatable bonds is 4. The molecule has 4 nitrogen and oxygen atoms in total. The molecule has 1 N–H and O–H groups in total. The molecule has 0 bridgehead atoms. The van der Waals surface area contributed by atoms with E-state index in [2.05, 4.69) is 0 Å². The van der Waals surface area contributed by atoms with E-state index in [9.17, 15) is 14.7 Å². The lowest BCUT2D eigenvalue weighted by Crippen LogP contribution is -2.47. The van der Waals surface area contributed by atoms with Crippen LogP contribution in [0.3, 0.4) is 0 Å². The zero-order valence-electron chi connectivity index (χ0n) is 12.3. The number of carbonyl (C=O) groups is 2. The van der Waals surface area contributed by atoms with Gasteiger partial charge in [-0.15, -0.1) is 0 Å². The van der Waals surface area contributed by atoms with Crippen LogP contribution in [-0.2, 0) is 9.59 Å². The number of amides is 1. The molecular weight excluding hydrogens is 254 g/mol. The molecule has 112 valence electrons. The van der Waals surface area contributed by atoms with Crippen molar-refractivity contribution in [3.05, 3.63) is 12.2 Å². The Balaban J connectivity index is 2.10. The molecule has 1 saturated carbocycles. The van der Waals surface area contributed by atoms with Gasteiger partial charge in [0.2, 0.25) is 5.91 Å². The number of nitrogens with zero attached hydrogens (tertiary/aromatic N) is 1. The maximum Gasteiger partial charge on any atom is 0.307 e. The summed E-state index contributed by atoms with van der Waals surface area (Å²) in [5.74, 6) is -1.71. The first kappa shape index (κ1) is 15.1. The first-order valence-electron chi connectivity index (χ1n) is 7.83. The smallest absolute Gasteiger partial charge is 0.307 e. The summed E-state index contributed by atoms with van der Waals surface area (Å²) in [6.45, 7) is 2.69. The fraction of sp³-hybridized carbons (Fsp3) is 0.750. The molecule has 0 saturated heterocycles. The van der Waals surface area contributed by atoms with Crippen molar-refractivity contribution in [3.63, 3.8) is 0 Å². The second kappa shape index (κ2) is 6.91. The predicted octanol–water partition coefficient (Wildman–Crippen LogP) is 2.83. The fourth-order valence-corrected chi connectivity index (χ4v) is 3.56. The van der Waals surface area contributed by atoms with Crippen LogP contribution in [-0.4, -0.2) is 34.5 Å². The molecular formula is C16H25NO3. The quantitative estimate of drug-likeness (QED) is 0.805. The molecule has 0 radical (unpaired) electrons. The number of carboxylic acids is 1. The molecule has 2 aliphatic carbocycles.